The van der Waals surface area contributed by atoms with Crippen LogP contribution < -0.4 is 10.6 Å². The summed E-state index contributed by atoms with van der Waals surface area (Å²) in [6, 6.07) is 5.08. The van der Waals surface area contributed by atoms with Gasteiger partial charge in [0.1, 0.15) is 17.9 Å². The van der Waals surface area contributed by atoms with E-state index in [-0.39, 0.29) is 42.3 Å². The van der Waals surface area contributed by atoms with Crippen molar-refractivity contribution in [1.29, 1.82) is 0 Å². The van der Waals surface area contributed by atoms with Crippen molar-refractivity contribution in [2.45, 2.75) is 44.4 Å². The van der Waals surface area contributed by atoms with Gasteiger partial charge in [-0.2, -0.15) is 0 Å². The SMILES string of the molecule is CC(C)[C@@H]1[NH2+][C@@]2(C(=O)Nc3ccc(Cl)cc32)[C@H]2C(=O)N(C[C@@H]3CCCO3)C(=O)[C@@H]12. The summed E-state index contributed by atoms with van der Waals surface area (Å²) in [4.78, 5) is 41.6. The molecule has 5 rings (SSSR count). The third-order valence-corrected chi connectivity index (χ3v) is 7.27. The van der Waals surface area contributed by atoms with Gasteiger partial charge < -0.3 is 15.4 Å². The number of halogens is 1. The van der Waals surface area contributed by atoms with Gasteiger partial charge in [-0.1, -0.05) is 25.4 Å². The van der Waals surface area contributed by atoms with Gasteiger partial charge in [-0.3, -0.25) is 19.3 Å². The molecule has 3 N–H and O–H groups in total. The van der Waals surface area contributed by atoms with Crippen LogP contribution in [-0.4, -0.2) is 47.9 Å². The summed E-state index contributed by atoms with van der Waals surface area (Å²) in [6.45, 7) is 5.00. The zero-order valence-electron chi connectivity index (χ0n) is 16.5. The van der Waals surface area contributed by atoms with Crippen LogP contribution >= 0.6 is 11.6 Å². The molecule has 0 aliphatic carbocycles. The normalized spacial score (nSPS) is 35.7. The van der Waals surface area contributed by atoms with Crippen molar-refractivity contribution in [3.63, 3.8) is 0 Å². The van der Waals surface area contributed by atoms with Gasteiger partial charge in [0.2, 0.25) is 17.4 Å². The van der Waals surface area contributed by atoms with E-state index in [2.05, 4.69) is 5.32 Å². The molecular formula is C21H25ClN3O4+. The predicted molar refractivity (Wildman–Crippen MR) is 105 cm³/mol. The highest BCUT2D eigenvalue weighted by Gasteiger charge is 2.74. The molecule has 0 aromatic heterocycles. The Kier molecular flexibility index (Phi) is 4.28. The van der Waals surface area contributed by atoms with E-state index in [9.17, 15) is 14.4 Å². The van der Waals surface area contributed by atoms with Crippen molar-refractivity contribution in [2.24, 2.45) is 17.8 Å². The first kappa shape index (κ1) is 19.0. The number of benzene rings is 1. The van der Waals surface area contributed by atoms with Crippen LogP contribution in [-0.2, 0) is 24.7 Å². The third-order valence-electron chi connectivity index (χ3n) is 7.03. The fourth-order valence-electron chi connectivity index (χ4n) is 5.70. The summed E-state index contributed by atoms with van der Waals surface area (Å²) >= 11 is 6.25. The molecule has 7 nitrogen and oxygen atoms in total. The Morgan fingerprint density at radius 3 is 2.79 bits per heavy atom. The van der Waals surface area contributed by atoms with Crippen LogP contribution in [0.4, 0.5) is 5.69 Å². The Morgan fingerprint density at radius 2 is 2.10 bits per heavy atom. The van der Waals surface area contributed by atoms with E-state index in [0.717, 1.165) is 12.8 Å². The molecule has 0 radical (unpaired) electrons. The highest BCUT2D eigenvalue weighted by Crippen LogP contribution is 2.50. The molecule has 4 heterocycles. The number of rotatable bonds is 3. The second-order valence-corrected chi connectivity index (χ2v) is 9.36. The molecular weight excluding hydrogens is 394 g/mol. The number of carbonyl (C=O) groups is 3. The van der Waals surface area contributed by atoms with E-state index in [1.54, 1.807) is 18.2 Å². The minimum Gasteiger partial charge on any atom is -0.376 e. The van der Waals surface area contributed by atoms with Gasteiger partial charge in [-0.25, -0.2) is 0 Å². The van der Waals surface area contributed by atoms with Crippen LogP contribution in [0.15, 0.2) is 18.2 Å². The lowest BCUT2D eigenvalue weighted by Gasteiger charge is -2.28. The second kappa shape index (κ2) is 6.52. The summed E-state index contributed by atoms with van der Waals surface area (Å²) in [5.41, 5.74) is 0.211. The lowest BCUT2D eigenvalue weighted by atomic mass is 9.76. The molecule has 1 aromatic carbocycles. The maximum absolute atomic E-state index is 13.6. The molecule has 0 unspecified atom stereocenters. The van der Waals surface area contributed by atoms with Crippen molar-refractivity contribution < 1.29 is 24.4 Å². The summed E-state index contributed by atoms with van der Waals surface area (Å²) < 4.78 is 5.67. The van der Waals surface area contributed by atoms with E-state index >= 15 is 0 Å². The highest BCUT2D eigenvalue weighted by molar-refractivity contribution is 6.31. The average Bonchev–Trinajstić information content (AvgIpc) is 3.41. The minimum atomic E-state index is -1.15. The van der Waals surface area contributed by atoms with Gasteiger partial charge in [-0.15, -0.1) is 0 Å². The molecule has 29 heavy (non-hydrogen) atoms. The molecule has 4 aliphatic heterocycles. The number of fused-ring (bicyclic) bond motifs is 4. The molecule has 154 valence electrons. The number of amides is 3. The maximum Gasteiger partial charge on any atom is 0.291 e. The molecule has 3 saturated heterocycles. The van der Waals surface area contributed by atoms with Crippen molar-refractivity contribution in [2.75, 3.05) is 18.5 Å². The second-order valence-electron chi connectivity index (χ2n) is 8.93. The number of quaternary nitrogens is 1. The molecule has 8 heteroatoms. The number of hydrogen-bond acceptors (Lipinski definition) is 4. The number of carbonyl (C=O) groups excluding carboxylic acids is 3. The van der Waals surface area contributed by atoms with Crippen LogP contribution in [0.25, 0.3) is 0 Å². The fraction of sp³-hybridized carbons (Fsp3) is 0.571. The predicted octanol–water partition coefficient (Wildman–Crippen LogP) is 0.869. The van der Waals surface area contributed by atoms with Crippen LogP contribution in [0.2, 0.25) is 5.02 Å². The van der Waals surface area contributed by atoms with Gasteiger partial charge in [0.25, 0.3) is 5.91 Å². The van der Waals surface area contributed by atoms with Crippen molar-refractivity contribution in [3.8, 4) is 0 Å². The fourth-order valence-corrected chi connectivity index (χ4v) is 5.87. The van der Waals surface area contributed by atoms with Gasteiger partial charge in [0.15, 0.2) is 0 Å². The van der Waals surface area contributed by atoms with Gasteiger partial charge in [0, 0.05) is 23.1 Å². The summed E-state index contributed by atoms with van der Waals surface area (Å²) in [7, 11) is 0. The van der Waals surface area contributed by atoms with Gasteiger partial charge in [-0.05, 0) is 31.0 Å². The number of nitrogens with one attached hydrogen (secondary N) is 1. The van der Waals surface area contributed by atoms with Gasteiger partial charge in [0.05, 0.1) is 18.3 Å². The first-order chi connectivity index (χ1) is 13.8. The Balaban J connectivity index is 1.61. The first-order valence-corrected chi connectivity index (χ1v) is 10.7. The number of imide groups is 1. The number of ether oxygens (including phenoxy) is 1. The molecule has 0 bridgehead atoms. The Labute approximate surface area is 174 Å². The maximum atomic E-state index is 13.6. The van der Waals surface area contributed by atoms with E-state index in [1.165, 1.54) is 4.90 Å². The molecule has 1 aromatic rings. The topological polar surface area (TPSA) is 92.3 Å². The lowest BCUT2D eigenvalue weighted by molar-refractivity contribution is -0.738. The Morgan fingerprint density at radius 1 is 1.31 bits per heavy atom. The van der Waals surface area contributed by atoms with Crippen molar-refractivity contribution >= 4 is 35.0 Å². The summed E-state index contributed by atoms with van der Waals surface area (Å²) in [5, 5.41) is 5.37. The number of hydrogen-bond donors (Lipinski definition) is 2. The smallest absolute Gasteiger partial charge is 0.291 e. The summed E-state index contributed by atoms with van der Waals surface area (Å²) in [6.07, 6.45) is 1.67. The largest absolute Gasteiger partial charge is 0.376 e. The summed E-state index contributed by atoms with van der Waals surface area (Å²) in [5.74, 6) is -1.82. The van der Waals surface area contributed by atoms with E-state index in [1.807, 2.05) is 19.2 Å². The standard InChI is InChI=1S/C21H24ClN3O4/c1-10(2)17-15-16(19(27)25(18(15)26)9-12-4-3-7-29-12)21(24-17)13-8-11(22)5-6-14(13)23-20(21)28/h5-6,8,10,12,15-17,24H,3-4,7,9H2,1-2H3,(H,23,28)/p+1/t12-,15+,16+,17-,21+/m0/s1. The Bertz CT molecular complexity index is 913. The molecule has 4 aliphatic rings. The van der Waals surface area contributed by atoms with E-state index in [0.29, 0.717) is 22.9 Å². The molecule has 1 spiro atoms. The minimum absolute atomic E-state index is 0.113. The van der Waals surface area contributed by atoms with E-state index in [4.69, 9.17) is 16.3 Å². The van der Waals surface area contributed by atoms with Crippen molar-refractivity contribution in [3.05, 3.63) is 28.8 Å². The van der Waals surface area contributed by atoms with Crippen LogP contribution in [0.3, 0.4) is 0 Å². The lowest BCUT2D eigenvalue weighted by Crippen LogP contribution is -2.99. The molecule has 3 amide bonds. The molecule has 3 fully saturated rings. The molecule has 0 saturated carbocycles. The average molecular weight is 419 g/mol. The number of anilines is 1. The number of nitrogens with zero attached hydrogens (tertiary/aromatic N) is 1. The Hall–Kier alpha value is -1.96. The molecule has 5 atom stereocenters. The monoisotopic (exact) mass is 418 g/mol. The zero-order chi connectivity index (χ0) is 20.5. The van der Waals surface area contributed by atoms with Crippen molar-refractivity contribution in [1.82, 2.24) is 4.90 Å². The third kappa shape index (κ3) is 2.54. The van der Waals surface area contributed by atoms with Crippen LogP contribution in [0.5, 0.6) is 0 Å². The quantitative estimate of drug-likeness (QED) is 0.712. The number of likely N-dealkylation sites (tertiary alicyclic amines) is 1. The first-order valence-electron chi connectivity index (χ1n) is 10.3. The zero-order valence-corrected chi connectivity index (χ0v) is 17.2. The van der Waals surface area contributed by atoms with Crippen LogP contribution in [0.1, 0.15) is 32.3 Å². The van der Waals surface area contributed by atoms with Crippen LogP contribution in [0, 0.1) is 17.8 Å². The highest BCUT2D eigenvalue weighted by atomic mass is 35.5. The van der Waals surface area contributed by atoms with Gasteiger partial charge >= 0.3 is 0 Å². The van der Waals surface area contributed by atoms with E-state index < -0.39 is 17.4 Å². The number of nitrogens with two attached hydrogens (primary N) is 1.